The molecular formula is C16H20N2O. The zero-order valence-corrected chi connectivity index (χ0v) is 11.5. The molecule has 0 bridgehead atoms. The lowest BCUT2D eigenvalue weighted by Crippen LogP contribution is -2.45. The van der Waals surface area contributed by atoms with E-state index in [1.165, 1.54) is 22.6 Å². The monoisotopic (exact) mass is 256 g/mol. The van der Waals surface area contributed by atoms with E-state index in [0.29, 0.717) is 6.04 Å². The number of rotatable bonds is 4. The third kappa shape index (κ3) is 2.44. The second-order valence-electron chi connectivity index (χ2n) is 5.18. The van der Waals surface area contributed by atoms with Gasteiger partial charge in [0.1, 0.15) is 0 Å². The molecule has 0 aliphatic carbocycles. The highest BCUT2D eigenvalue weighted by molar-refractivity contribution is 5.40. The van der Waals surface area contributed by atoms with Crippen molar-refractivity contribution in [3.8, 4) is 5.69 Å². The number of hydrogen-bond donors (Lipinski definition) is 1. The van der Waals surface area contributed by atoms with Crippen LogP contribution in [0.2, 0.25) is 0 Å². The van der Waals surface area contributed by atoms with Gasteiger partial charge in [0.05, 0.1) is 19.3 Å². The molecule has 0 amide bonds. The fraction of sp³-hybridized carbons (Fsp3) is 0.375. The number of para-hydroxylation sites is 1. The number of aryl methyl sites for hydroxylation is 1. The first-order chi connectivity index (χ1) is 9.25. The van der Waals surface area contributed by atoms with Crippen molar-refractivity contribution in [1.29, 1.82) is 0 Å². The second-order valence-corrected chi connectivity index (χ2v) is 5.18. The van der Waals surface area contributed by atoms with Crippen molar-refractivity contribution < 1.29 is 4.74 Å². The summed E-state index contributed by atoms with van der Waals surface area (Å²) in [4.78, 5) is 0. The summed E-state index contributed by atoms with van der Waals surface area (Å²) in [6.07, 6.45) is 0. The predicted octanol–water partition coefficient (Wildman–Crippen LogP) is 2.58. The van der Waals surface area contributed by atoms with Crippen molar-refractivity contribution in [1.82, 2.24) is 9.88 Å². The zero-order chi connectivity index (χ0) is 13.2. The van der Waals surface area contributed by atoms with Gasteiger partial charge in [-0.3, -0.25) is 0 Å². The molecule has 3 nitrogen and oxygen atoms in total. The molecule has 2 aromatic rings. The summed E-state index contributed by atoms with van der Waals surface area (Å²) in [6.45, 7) is 6.96. The summed E-state index contributed by atoms with van der Waals surface area (Å²) < 4.78 is 7.50. The van der Waals surface area contributed by atoms with E-state index in [-0.39, 0.29) is 0 Å². The van der Waals surface area contributed by atoms with Gasteiger partial charge in [-0.05, 0) is 37.6 Å². The molecule has 3 rings (SSSR count). The van der Waals surface area contributed by atoms with E-state index in [1.54, 1.807) is 0 Å². The normalized spacial score (nSPS) is 15.5. The summed E-state index contributed by atoms with van der Waals surface area (Å²) in [5.41, 5.74) is 5.20. The SMILES string of the molecule is Cc1cc(CNC2COC2)c(C)n1-c1ccccc1. The Bertz CT molecular complexity index is 556. The second kappa shape index (κ2) is 5.19. The van der Waals surface area contributed by atoms with E-state index in [0.717, 1.165) is 19.8 Å². The van der Waals surface area contributed by atoms with Crippen LogP contribution in [0.3, 0.4) is 0 Å². The maximum atomic E-state index is 5.18. The molecule has 0 spiro atoms. The average Bonchev–Trinajstić information content (AvgIpc) is 2.64. The molecule has 2 heterocycles. The number of nitrogens with zero attached hydrogens (tertiary/aromatic N) is 1. The standard InChI is InChI=1S/C16H20N2O/c1-12-8-14(9-17-15-10-19-11-15)13(2)18(12)16-6-4-3-5-7-16/h3-8,15,17H,9-11H2,1-2H3. The number of benzene rings is 1. The highest BCUT2D eigenvalue weighted by Crippen LogP contribution is 2.20. The lowest BCUT2D eigenvalue weighted by molar-refractivity contribution is -0.00580. The highest BCUT2D eigenvalue weighted by Gasteiger charge is 2.18. The summed E-state index contributed by atoms with van der Waals surface area (Å²) in [5, 5.41) is 3.53. The minimum absolute atomic E-state index is 0.528. The Morgan fingerprint density at radius 1 is 1.21 bits per heavy atom. The smallest absolute Gasteiger partial charge is 0.0643 e. The predicted molar refractivity (Wildman–Crippen MR) is 76.7 cm³/mol. The Morgan fingerprint density at radius 3 is 2.58 bits per heavy atom. The molecule has 100 valence electrons. The fourth-order valence-electron chi connectivity index (χ4n) is 2.59. The maximum Gasteiger partial charge on any atom is 0.0643 e. The quantitative estimate of drug-likeness (QED) is 0.910. The molecule has 0 unspecified atom stereocenters. The molecule has 1 aliphatic rings. The zero-order valence-electron chi connectivity index (χ0n) is 11.5. The highest BCUT2D eigenvalue weighted by atomic mass is 16.5. The van der Waals surface area contributed by atoms with E-state index >= 15 is 0 Å². The van der Waals surface area contributed by atoms with Crippen LogP contribution in [0.1, 0.15) is 17.0 Å². The van der Waals surface area contributed by atoms with Crippen LogP contribution in [-0.4, -0.2) is 23.8 Å². The van der Waals surface area contributed by atoms with Crippen LogP contribution in [0.5, 0.6) is 0 Å². The number of aromatic nitrogens is 1. The Kier molecular flexibility index (Phi) is 3.40. The third-order valence-electron chi connectivity index (χ3n) is 3.77. The molecule has 1 aromatic heterocycles. The van der Waals surface area contributed by atoms with Gasteiger partial charge < -0.3 is 14.6 Å². The average molecular weight is 256 g/mol. The molecule has 19 heavy (non-hydrogen) atoms. The molecule has 0 saturated carbocycles. The van der Waals surface area contributed by atoms with Gasteiger partial charge in [0.15, 0.2) is 0 Å². The molecule has 1 aliphatic heterocycles. The maximum absolute atomic E-state index is 5.18. The van der Waals surface area contributed by atoms with E-state index in [9.17, 15) is 0 Å². The van der Waals surface area contributed by atoms with Gasteiger partial charge in [-0.2, -0.15) is 0 Å². The van der Waals surface area contributed by atoms with Crippen molar-refractivity contribution in [2.24, 2.45) is 0 Å². The lowest BCUT2D eigenvalue weighted by atomic mass is 10.2. The molecule has 1 fully saturated rings. The van der Waals surface area contributed by atoms with Crippen LogP contribution in [0, 0.1) is 13.8 Å². The summed E-state index contributed by atoms with van der Waals surface area (Å²) in [6, 6.07) is 13.3. The van der Waals surface area contributed by atoms with Gasteiger partial charge in [-0.15, -0.1) is 0 Å². The van der Waals surface area contributed by atoms with E-state index in [4.69, 9.17) is 4.74 Å². The lowest BCUT2D eigenvalue weighted by Gasteiger charge is -2.27. The van der Waals surface area contributed by atoms with Crippen molar-refractivity contribution in [2.45, 2.75) is 26.4 Å². The minimum Gasteiger partial charge on any atom is -0.378 e. The van der Waals surface area contributed by atoms with Crippen LogP contribution in [0.25, 0.3) is 5.69 Å². The van der Waals surface area contributed by atoms with Crippen molar-refractivity contribution in [2.75, 3.05) is 13.2 Å². The minimum atomic E-state index is 0.528. The number of hydrogen-bond acceptors (Lipinski definition) is 2. The summed E-state index contributed by atoms with van der Waals surface area (Å²) in [5.74, 6) is 0. The van der Waals surface area contributed by atoms with Crippen LogP contribution in [-0.2, 0) is 11.3 Å². The summed E-state index contributed by atoms with van der Waals surface area (Å²) >= 11 is 0. The molecule has 1 aromatic carbocycles. The Labute approximate surface area is 114 Å². The van der Waals surface area contributed by atoms with Crippen molar-refractivity contribution in [3.05, 3.63) is 53.3 Å². The van der Waals surface area contributed by atoms with Crippen LogP contribution < -0.4 is 5.32 Å². The van der Waals surface area contributed by atoms with E-state index in [1.807, 2.05) is 0 Å². The molecule has 0 atom stereocenters. The molecule has 1 saturated heterocycles. The van der Waals surface area contributed by atoms with E-state index < -0.39 is 0 Å². The third-order valence-corrected chi connectivity index (χ3v) is 3.77. The first-order valence-corrected chi connectivity index (χ1v) is 6.80. The van der Waals surface area contributed by atoms with Crippen LogP contribution in [0.4, 0.5) is 0 Å². The van der Waals surface area contributed by atoms with Gasteiger partial charge in [-0.25, -0.2) is 0 Å². The Morgan fingerprint density at radius 2 is 1.95 bits per heavy atom. The summed E-state index contributed by atoms with van der Waals surface area (Å²) in [7, 11) is 0. The molecule has 3 heteroatoms. The number of ether oxygens (including phenoxy) is 1. The first-order valence-electron chi connectivity index (χ1n) is 6.80. The Balaban J connectivity index is 1.83. The van der Waals surface area contributed by atoms with Gasteiger partial charge in [-0.1, -0.05) is 18.2 Å². The van der Waals surface area contributed by atoms with Gasteiger partial charge >= 0.3 is 0 Å². The van der Waals surface area contributed by atoms with Crippen molar-refractivity contribution >= 4 is 0 Å². The largest absolute Gasteiger partial charge is 0.378 e. The molecular weight excluding hydrogens is 236 g/mol. The number of nitrogens with one attached hydrogen (secondary N) is 1. The Hall–Kier alpha value is -1.58. The first kappa shape index (κ1) is 12.5. The molecule has 1 N–H and O–H groups in total. The van der Waals surface area contributed by atoms with Crippen LogP contribution in [0.15, 0.2) is 36.4 Å². The van der Waals surface area contributed by atoms with Gasteiger partial charge in [0.2, 0.25) is 0 Å². The molecule has 0 radical (unpaired) electrons. The van der Waals surface area contributed by atoms with Gasteiger partial charge in [0.25, 0.3) is 0 Å². The van der Waals surface area contributed by atoms with Crippen molar-refractivity contribution in [3.63, 3.8) is 0 Å². The van der Waals surface area contributed by atoms with E-state index in [2.05, 4.69) is 60.1 Å². The fourth-order valence-corrected chi connectivity index (χ4v) is 2.59. The van der Waals surface area contributed by atoms with Crippen LogP contribution >= 0.6 is 0 Å². The van der Waals surface area contributed by atoms with Gasteiger partial charge in [0, 0.05) is 23.6 Å². The topological polar surface area (TPSA) is 26.2 Å².